The fourth-order valence-corrected chi connectivity index (χ4v) is 3.02. The SMILES string of the molecule is CC(C)(C)n1c(-c2ccccc2)nc2c(-c3cn[nH]c3)ccnc21. The number of aromatic amines is 1. The maximum atomic E-state index is 4.96. The summed E-state index contributed by atoms with van der Waals surface area (Å²) in [6, 6.07) is 12.2. The van der Waals surface area contributed by atoms with Crippen LogP contribution < -0.4 is 0 Å². The van der Waals surface area contributed by atoms with Crippen molar-refractivity contribution in [3.63, 3.8) is 0 Å². The first-order valence-corrected chi connectivity index (χ1v) is 7.98. The van der Waals surface area contributed by atoms with Gasteiger partial charge in [-0.05, 0) is 26.8 Å². The molecule has 1 N–H and O–H groups in total. The summed E-state index contributed by atoms with van der Waals surface area (Å²) in [5, 5.41) is 6.93. The molecule has 0 aliphatic carbocycles. The van der Waals surface area contributed by atoms with Crippen LogP contribution in [0.3, 0.4) is 0 Å². The molecule has 0 fully saturated rings. The first-order chi connectivity index (χ1) is 11.6. The number of imidazole rings is 1. The van der Waals surface area contributed by atoms with E-state index in [4.69, 9.17) is 4.98 Å². The Kier molecular flexibility index (Phi) is 3.23. The van der Waals surface area contributed by atoms with Gasteiger partial charge in [0.25, 0.3) is 0 Å². The number of pyridine rings is 1. The average molecular weight is 317 g/mol. The van der Waals surface area contributed by atoms with Gasteiger partial charge in [0.1, 0.15) is 11.3 Å². The minimum absolute atomic E-state index is 0.137. The third-order valence-corrected chi connectivity index (χ3v) is 4.06. The van der Waals surface area contributed by atoms with Gasteiger partial charge in [0.05, 0.1) is 6.20 Å². The number of H-pyrrole nitrogens is 1. The van der Waals surface area contributed by atoms with Crippen molar-refractivity contribution in [1.82, 2.24) is 24.7 Å². The Balaban J connectivity index is 2.08. The molecule has 0 atom stereocenters. The molecule has 0 spiro atoms. The number of benzene rings is 1. The molecule has 5 heteroatoms. The highest BCUT2D eigenvalue weighted by atomic mass is 15.2. The highest BCUT2D eigenvalue weighted by molar-refractivity contribution is 5.91. The maximum absolute atomic E-state index is 4.96. The number of hydrogen-bond acceptors (Lipinski definition) is 3. The molecule has 3 heterocycles. The van der Waals surface area contributed by atoms with Gasteiger partial charge in [-0.1, -0.05) is 30.3 Å². The predicted molar refractivity (Wildman–Crippen MR) is 95.5 cm³/mol. The molecule has 4 aromatic rings. The molecule has 24 heavy (non-hydrogen) atoms. The highest BCUT2D eigenvalue weighted by Crippen LogP contribution is 2.34. The Morgan fingerprint density at radius 3 is 2.46 bits per heavy atom. The zero-order valence-corrected chi connectivity index (χ0v) is 14.0. The lowest BCUT2D eigenvalue weighted by Crippen LogP contribution is -2.23. The molecular formula is C19H19N5. The van der Waals surface area contributed by atoms with Crippen LogP contribution in [0.5, 0.6) is 0 Å². The van der Waals surface area contributed by atoms with Gasteiger partial charge in [-0.3, -0.25) is 5.10 Å². The summed E-state index contributed by atoms with van der Waals surface area (Å²) < 4.78 is 2.21. The Morgan fingerprint density at radius 1 is 1.00 bits per heavy atom. The second-order valence-corrected chi connectivity index (χ2v) is 6.83. The largest absolute Gasteiger partial charge is 0.303 e. The van der Waals surface area contributed by atoms with Crippen molar-refractivity contribution in [1.29, 1.82) is 0 Å². The smallest absolute Gasteiger partial charge is 0.161 e. The summed E-state index contributed by atoms with van der Waals surface area (Å²) in [7, 11) is 0. The summed E-state index contributed by atoms with van der Waals surface area (Å²) in [5.74, 6) is 0.932. The van der Waals surface area contributed by atoms with E-state index in [1.54, 1.807) is 0 Å². The summed E-state index contributed by atoms with van der Waals surface area (Å²) in [4.78, 5) is 9.60. The molecule has 120 valence electrons. The van der Waals surface area contributed by atoms with Crippen LogP contribution in [0.4, 0.5) is 0 Å². The minimum Gasteiger partial charge on any atom is -0.303 e. The second-order valence-electron chi connectivity index (χ2n) is 6.83. The molecule has 3 aromatic heterocycles. The molecule has 0 aliphatic rings. The zero-order chi connectivity index (χ0) is 16.7. The minimum atomic E-state index is -0.137. The van der Waals surface area contributed by atoms with Gasteiger partial charge >= 0.3 is 0 Å². The zero-order valence-electron chi connectivity index (χ0n) is 14.0. The summed E-state index contributed by atoms with van der Waals surface area (Å²) in [6.07, 6.45) is 5.53. The van der Waals surface area contributed by atoms with Gasteiger partial charge in [0.2, 0.25) is 0 Å². The van der Waals surface area contributed by atoms with E-state index in [-0.39, 0.29) is 5.54 Å². The number of fused-ring (bicyclic) bond motifs is 1. The molecule has 0 saturated carbocycles. The van der Waals surface area contributed by atoms with E-state index < -0.39 is 0 Å². The quantitative estimate of drug-likeness (QED) is 0.601. The van der Waals surface area contributed by atoms with Crippen LogP contribution in [0.15, 0.2) is 55.0 Å². The van der Waals surface area contributed by atoms with Crippen molar-refractivity contribution in [2.75, 3.05) is 0 Å². The van der Waals surface area contributed by atoms with E-state index in [0.717, 1.165) is 33.7 Å². The molecule has 0 saturated heterocycles. The van der Waals surface area contributed by atoms with E-state index in [1.807, 2.05) is 42.9 Å². The van der Waals surface area contributed by atoms with Crippen LogP contribution >= 0.6 is 0 Å². The van der Waals surface area contributed by atoms with Gasteiger partial charge in [-0.15, -0.1) is 0 Å². The van der Waals surface area contributed by atoms with E-state index in [9.17, 15) is 0 Å². The lowest BCUT2D eigenvalue weighted by molar-refractivity contribution is 0.411. The number of rotatable bonds is 2. The molecule has 0 aliphatic heterocycles. The summed E-state index contributed by atoms with van der Waals surface area (Å²) in [6.45, 7) is 6.52. The fraction of sp³-hybridized carbons (Fsp3) is 0.211. The Hall–Kier alpha value is -2.95. The summed E-state index contributed by atoms with van der Waals surface area (Å²) in [5.41, 5.74) is 4.79. The number of nitrogens with one attached hydrogen (secondary N) is 1. The summed E-state index contributed by atoms with van der Waals surface area (Å²) >= 11 is 0. The molecule has 1 aromatic carbocycles. The van der Waals surface area contributed by atoms with E-state index in [1.165, 1.54) is 0 Å². The highest BCUT2D eigenvalue weighted by Gasteiger charge is 2.24. The monoisotopic (exact) mass is 317 g/mol. The number of nitrogens with zero attached hydrogens (tertiary/aromatic N) is 4. The molecule has 5 nitrogen and oxygen atoms in total. The molecule has 0 radical (unpaired) electrons. The van der Waals surface area contributed by atoms with E-state index in [2.05, 4.69) is 52.7 Å². The number of hydrogen-bond donors (Lipinski definition) is 1. The third kappa shape index (κ3) is 2.29. The van der Waals surface area contributed by atoms with Crippen molar-refractivity contribution in [2.45, 2.75) is 26.3 Å². The molecule has 4 rings (SSSR count). The van der Waals surface area contributed by atoms with Crippen molar-refractivity contribution >= 4 is 11.2 Å². The van der Waals surface area contributed by atoms with E-state index in [0.29, 0.717) is 0 Å². The maximum Gasteiger partial charge on any atom is 0.161 e. The molecule has 0 unspecified atom stereocenters. The van der Waals surface area contributed by atoms with Gasteiger partial charge in [0, 0.05) is 34.6 Å². The van der Waals surface area contributed by atoms with Crippen LogP contribution in [0.1, 0.15) is 20.8 Å². The van der Waals surface area contributed by atoms with Crippen molar-refractivity contribution in [3.8, 4) is 22.5 Å². The van der Waals surface area contributed by atoms with Crippen LogP contribution in [0.25, 0.3) is 33.7 Å². The predicted octanol–water partition coefficient (Wildman–Crippen LogP) is 4.24. The lowest BCUT2D eigenvalue weighted by Gasteiger charge is -2.24. The Morgan fingerprint density at radius 2 is 1.79 bits per heavy atom. The topological polar surface area (TPSA) is 59.4 Å². The van der Waals surface area contributed by atoms with Crippen molar-refractivity contribution < 1.29 is 0 Å². The molecular weight excluding hydrogens is 298 g/mol. The standard InChI is InChI=1S/C19H19N5/c1-19(2,3)24-17(13-7-5-4-6-8-13)23-16-15(9-10-20-18(16)24)14-11-21-22-12-14/h4-12H,1-3H3,(H,21,22). The fourth-order valence-electron chi connectivity index (χ4n) is 3.02. The van der Waals surface area contributed by atoms with Crippen LogP contribution in [0.2, 0.25) is 0 Å². The Bertz CT molecular complexity index is 976. The van der Waals surface area contributed by atoms with Gasteiger partial charge in [-0.2, -0.15) is 5.10 Å². The van der Waals surface area contributed by atoms with Crippen molar-refractivity contribution in [2.24, 2.45) is 0 Å². The third-order valence-electron chi connectivity index (χ3n) is 4.06. The second kappa shape index (κ2) is 5.30. The number of aromatic nitrogens is 5. The first kappa shape index (κ1) is 14.6. The van der Waals surface area contributed by atoms with Crippen molar-refractivity contribution in [3.05, 3.63) is 55.0 Å². The van der Waals surface area contributed by atoms with Crippen LogP contribution in [-0.2, 0) is 5.54 Å². The lowest BCUT2D eigenvalue weighted by atomic mass is 10.1. The normalized spacial score (nSPS) is 12.0. The van der Waals surface area contributed by atoms with Crippen LogP contribution in [0, 0.1) is 0 Å². The molecule has 0 bridgehead atoms. The van der Waals surface area contributed by atoms with E-state index >= 15 is 0 Å². The first-order valence-electron chi connectivity index (χ1n) is 7.98. The van der Waals surface area contributed by atoms with Gasteiger partial charge < -0.3 is 4.57 Å². The molecule has 0 amide bonds. The average Bonchev–Trinajstić information content (AvgIpc) is 3.22. The Labute approximate surface area is 140 Å². The van der Waals surface area contributed by atoms with Crippen LogP contribution in [-0.4, -0.2) is 24.7 Å². The van der Waals surface area contributed by atoms with Gasteiger partial charge in [-0.25, -0.2) is 9.97 Å². The van der Waals surface area contributed by atoms with Gasteiger partial charge in [0.15, 0.2) is 5.65 Å².